The van der Waals surface area contributed by atoms with Crippen LogP contribution in [0.2, 0.25) is 0 Å². The summed E-state index contributed by atoms with van der Waals surface area (Å²) in [5.74, 6) is -0.350. The van der Waals surface area contributed by atoms with Crippen molar-refractivity contribution in [1.82, 2.24) is 0 Å². The van der Waals surface area contributed by atoms with Gasteiger partial charge in [0.15, 0.2) is 0 Å². The molecule has 0 spiro atoms. The van der Waals surface area contributed by atoms with Gasteiger partial charge in [-0.25, -0.2) is 4.79 Å². The molecule has 0 heterocycles. The third kappa shape index (κ3) is 4.08. The Morgan fingerprint density at radius 3 is 2.28 bits per heavy atom. The molecule has 0 saturated heterocycles. The maximum atomic E-state index is 11.2. The average molecular weight is 250 g/mol. The Balaban J connectivity index is 2.60. The molecule has 0 radical (unpaired) electrons. The molecule has 0 bridgehead atoms. The van der Waals surface area contributed by atoms with E-state index in [2.05, 4.69) is 15.4 Å². The fourth-order valence-electron chi connectivity index (χ4n) is 1.38. The van der Waals surface area contributed by atoms with Crippen molar-refractivity contribution in [2.45, 2.75) is 26.3 Å². The van der Waals surface area contributed by atoms with E-state index in [4.69, 9.17) is 0 Å². The topological polar surface area (TPSA) is 67.4 Å². The molecule has 5 heteroatoms. The number of amides is 1. The van der Waals surface area contributed by atoms with Crippen molar-refractivity contribution in [3.8, 4) is 0 Å². The number of carbonyl (C=O) groups is 2. The van der Waals surface area contributed by atoms with Crippen LogP contribution in [-0.2, 0) is 14.3 Å². The number of anilines is 2. The third-order valence-corrected chi connectivity index (χ3v) is 2.43. The summed E-state index contributed by atoms with van der Waals surface area (Å²) in [6.07, 6.45) is 0.444. The van der Waals surface area contributed by atoms with Crippen molar-refractivity contribution >= 4 is 23.3 Å². The number of esters is 1. The molecule has 5 nitrogen and oxygen atoms in total. The number of nitrogens with one attached hydrogen (secondary N) is 2. The monoisotopic (exact) mass is 250 g/mol. The minimum Gasteiger partial charge on any atom is -0.467 e. The van der Waals surface area contributed by atoms with Crippen LogP contribution in [0.1, 0.15) is 20.3 Å². The summed E-state index contributed by atoms with van der Waals surface area (Å²) in [6.45, 7) is 3.52. The quantitative estimate of drug-likeness (QED) is 0.784. The van der Waals surface area contributed by atoms with Crippen LogP contribution in [0.4, 0.5) is 11.4 Å². The highest BCUT2D eigenvalue weighted by Gasteiger charge is 2.12. The maximum Gasteiger partial charge on any atom is 0.327 e. The summed E-state index contributed by atoms with van der Waals surface area (Å²) >= 11 is 0. The average Bonchev–Trinajstić information content (AvgIpc) is 2.39. The van der Waals surface area contributed by atoms with Crippen LogP contribution >= 0.6 is 0 Å². The Kier molecular flexibility index (Phi) is 5.17. The summed E-state index contributed by atoms with van der Waals surface area (Å²) in [6, 6.07) is 6.74. The van der Waals surface area contributed by atoms with E-state index in [1.165, 1.54) is 7.11 Å². The molecule has 18 heavy (non-hydrogen) atoms. The van der Waals surface area contributed by atoms with E-state index in [1.807, 2.05) is 0 Å². The largest absolute Gasteiger partial charge is 0.467 e. The van der Waals surface area contributed by atoms with Gasteiger partial charge >= 0.3 is 5.97 Å². The predicted octanol–water partition coefficient (Wildman–Crippen LogP) is 2.01. The molecule has 1 atom stereocenters. The van der Waals surface area contributed by atoms with Crippen LogP contribution in [0.5, 0.6) is 0 Å². The molecular weight excluding hydrogens is 232 g/mol. The van der Waals surface area contributed by atoms with Crippen LogP contribution < -0.4 is 10.6 Å². The zero-order valence-corrected chi connectivity index (χ0v) is 10.8. The number of methoxy groups -OCH3 is 1. The van der Waals surface area contributed by atoms with E-state index in [0.717, 1.165) is 11.4 Å². The molecule has 0 aromatic heterocycles. The van der Waals surface area contributed by atoms with Crippen molar-refractivity contribution in [2.75, 3.05) is 17.7 Å². The minimum atomic E-state index is -0.411. The van der Waals surface area contributed by atoms with Gasteiger partial charge in [0.2, 0.25) is 5.91 Å². The second-order valence-electron chi connectivity index (χ2n) is 3.87. The minimum absolute atomic E-state index is 0.0290. The van der Waals surface area contributed by atoms with Gasteiger partial charge in [0.05, 0.1) is 7.11 Å². The van der Waals surface area contributed by atoms with Crippen molar-refractivity contribution in [3.63, 3.8) is 0 Å². The fourth-order valence-corrected chi connectivity index (χ4v) is 1.38. The van der Waals surface area contributed by atoms with E-state index in [-0.39, 0.29) is 11.9 Å². The predicted molar refractivity (Wildman–Crippen MR) is 70.5 cm³/mol. The van der Waals surface area contributed by atoms with E-state index >= 15 is 0 Å². The lowest BCUT2D eigenvalue weighted by molar-refractivity contribution is -0.141. The van der Waals surface area contributed by atoms with Gasteiger partial charge in [-0.1, -0.05) is 6.92 Å². The van der Waals surface area contributed by atoms with Gasteiger partial charge in [-0.2, -0.15) is 0 Å². The standard InChI is InChI=1S/C13H18N2O3/c1-4-12(16)15-11-7-5-10(6-8-11)14-9(2)13(17)18-3/h5-9,14H,4H2,1-3H3,(H,15,16)/t9-/m0/s1. The first-order valence-electron chi connectivity index (χ1n) is 5.81. The first-order valence-corrected chi connectivity index (χ1v) is 5.81. The molecule has 0 aliphatic rings. The molecule has 0 aliphatic heterocycles. The summed E-state index contributed by atoms with van der Waals surface area (Å²) in [7, 11) is 1.35. The van der Waals surface area contributed by atoms with Gasteiger partial charge < -0.3 is 15.4 Å². The molecule has 1 rings (SSSR count). The van der Waals surface area contributed by atoms with Crippen LogP contribution in [-0.4, -0.2) is 25.0 Å². The van der Waals surface area contributed by atoms with Crippen molar-refractivity contribution in [2.24, 2.45) is 0 Å². The highest BCUT2D eigenvalue weighted by atomic mass is 16.5. The number of hydrogen-bond acceptors (Lipinski definition) is 4. The lowest BCUT2D eigenvalue weighted by Gasteiger charge is -2.13. The number of hydrogen-bond donors (Lipinski definition) is 2. The van der Waals surface area contributed by atoms with Crippen molar-refractivity contribution in [1.29, 1.82) is 0 Å². The Hall–Kier alpha value is -2.04. The lowest BCUT2D eigenvalue weighted by atomic mass is 10.2. The first-order chi connectivity index (χ1) is 8.56. The summed E-state index contributed by atoms with van der Waals surface area (Å²) < 4.78 is 4.62. The Bertz CT molecular complexity index is 415. The number of ether oxygens (including phenoxy) is 1. The van der Waals surface area contributed by atoms with Crippen LogP contribution in [0.3, 0.4) is 0 Å². The highest BCUT2D eigenvalue weighted by molar-refractivity contribution is 5.90. The maximum absolute atomic E-state index is 11.2. The van der Waals surface area contributed by atoms with Crippen molar-refractivity contribution < 1.29 is 14.3 Å². The van der Waals surface area contributed by atoms with Gasteiger partial charge in [0, 0.05) is 17.8 Å². The lowest BCUT2D eigenvalue weighted by Crippen LogP contribution is -2.27. The zero-order valence-electron chi connectivity index (χ0n) is 10.8. The molecule has 1 aromatic rings. The molecule has 98 valence electrons. The smallest absolute Gasteiger partial charge is 0.327 e. The van der Waals surface area contributed by atoms with Crippen LogP contribution in [0.15, 0.2) is 24.3 Å². The highest BCUT2D eigenvalue weighted by Crippen LogP contribution is 2.14. The molecule has 2 N–H and O–H groups in total. The number of benzene rings is 1. The van der Waals surface area contributed by atoms with Crippen LogP contribution in [0, 0.1) is 0 Å². The second kappa shape index (κ2) is 6.64. The normalized spacial score (nSPS) is 11.5. The molecule has 0 saturated carbocycles. The first kappa shape index (κ1) is 14.0. The van der Waals surface area contributed by atoms with Gasteiger partial charge in [-0.3, -0.25) is 4.79 Å². The van der Waals surface area contributed by atoms with E-state index in [9.17, 15) is 9.59 Å². The SMILES string of the molecule is CCC(=O)Nc1ccc(N[C@@H](C)C(=O)OC)cc1. The molecular formula is C13H18N2O3. The molecule has 0 fully saturated rings. The molecule has 1 amide bonds. The van der Waals surface area contributed by atoms with Gasteiger partial charge in [-0.05, 0) is 31.2 Å². The molecule has 0 unspecified atom stereocenters. The molecule has 0 aliphatic carbocycles. The summed E-state index contributed by atoms with van der Waals surface area (Å²) in [4.78, 5) is 22.4. The number of carbonyl (C=O) groups excluding carboxylic acids is 2. The van der Waals surface area contributed by atoms with E-state index in [0.29, 0.717) is 6.42 Å². The Morgan fingerprint density at radius 1 is 1.22 bits per heavy atom. The Morgan fingerprint density at radius 2 is 1.78 bits per heavy atom. The van der Waals surface area contributed by atoms with Gasteiger partial charge in [-0.15, -0.1) is 0 Å². The Labute approximate surface area is 107 Å². The number of rotatable bonds is 5. The molecule has 1 aromatic carbocycles. The summed E-state index contributed by atoms with van der Waals surface area (Å²) in [5, 5.41) is 5.75. The second-order valence-corrected chi connectivity index (χ2v) is 3.87. The third-order valence-electron chi connectivity index (χ3n) is 2.43. The summed E-state index contributed by atoms with van der Waals surface area (Å²) in [5.41, 5.74) is 1.53. The fraction of sp³-hybridized carbons (Fsp3) is 0.385. The van der Waals surface area contributed by atoms with Gasteiger partial charge in [0.25, 0.3) is 0 Å². The van der Waals surface area contributed by atoms with Crippen molar-refractivity contribution in [3.05, 3.63) is 24.3 Å². The zero-order chi connectivity index (χ0) is 13.5. The van der Waals surface area contributed by atoms with E-state index in [1.54, 1.807) is 38.1 Å². The van der Waals surface area contributed by atoms with Crippen LogP contribution in [0.25, 0.3) is 0 Å². The van der Waals surface area contributed by atoms with E-state index < -0.39 is 6.04 Å². The van der Waals surface area contributed by atoms with Gasteiger partial charge in [0.1, 0.15) is 6.04 Å².